The summed E-state index contributed by atoms with van der Waals surface area (Å²) in [7, 11) is 0. The topological polar surface area (TPSA) is 57.6 Å². The maximum Gasteiger partial charge on any atom is 0.311 e. The molecule has 4 heteroatoms. The molecule has 1 aliphatic heterocycles. The molecule has 80 valence electrons. The molecule has 0 aromatic rings. The smallest absolute Gasteiger partial charge is 0.311 e. The van der Waals surface area contributed by atoms with E-state index in [0.29, 0.717) is 25.9 Å². The van der Waals surface area contributed by atoms with E-state index >= 15 is 0 Å². The van der Waals surface area contributed by atoms with Crippen molar-refractivity contribution in [3.8, 4) is 0 Å². The van der Waals surface area contributed by atoms with Crippen molar-refractivity contribution in [1.82, 2.24) is 4.90 Å². The summed E-state index contributed by atoms with van der Waals surface area (Å²) in [5, 5.41) is 9.15. The third kappa shape index (κ3) is 1.89. The highest BCUT2D eigenvalue weighted by Crippen LogP contribution is 2.33. The van der Waals surface area contributed by atoms with E-state index < -0.39 is 11.4 Å². The molecule has 1 aliphatic rings. The van der Waals surface area contributed by atoms with Crippen LogP contribution in [0.2, 0.25) is 0 Å². The number of carbonyl (C=O) groups excluding carboxylic acids is 1. The van der Waals surface area contributed by atoms with Crippen molar-refractivity contribution < 1.29 is 14.7 Å². The number of carbonyl (C=O) groups is 2. The van der Waals surface area contributed by atoms with Crippen LogP contribution in [0.5, 0.6) is 0 Å². The molecule has 1 rings (SSSR count). The second-order valence-electron chi connectivity index (χ2n) is 3.98. The first-order valence-electron chi connectivity index (χ1n) is 5.01. The Morgan fingerprint density at radius 2 is 2.14 bits per heavy atom. The number of aliphatic carboxylic acids is 1. The Balaban J connectivity index is 2.79. The Morgan fingerprint density at radius 1 is 1.50 bits per heavy atom. The van der Waals surface area contributed by atoms with Crippen LogP contribution in [0.4, 0.5) is 0 Å². The van der Waals surface area contributed by atoms with Gasteiger partial charge in [0, 0.05) is 20.0 Å². The number of carboxylic acid groups (broad SMARTS) is 1. The second kappa shape index (κ2) is 3.98. The minimum atomic E-state index is -0.772. The summed E-state index contributed by atoms with van der Waals surface area (Å²) < 4.78 is 0. The molecule has 0 bridgehead atoms. The molecule has 4 nitrogen and oxygen atoms in total. The van der Waals surface area contributed by atoms with Crippen LogP contribution in [0.1, 0.15) is 33.1 Å². The Kier molecular flexibility index (Phi) is 3.13. The van der Waals surface area contributed by atoms with Crippen molar-refractivity contribution in [3.05, 3.63) is 0 Å². The van der Waals surface area contributed by atoms with E-state index in [4.69, 9.17) is 5.11 Å². The van der Waals surface area contributed by atoms with Gasteiger partial charge < -0.3 is 10.0 Å². The summed E-state index contributed by atoms with van der Waals surface area (Å²) in [4.78, 5) is 23.9. The van der Waals surface area contributed by atoms with Crippen molar-refractivity contribution in [3.63, 3.8) is 0 Å². The summed E-state index contributed by atoms with van der Waals surface area (Å²) in [6.45, 7) is 4.43. The molecule has 1 fully saturated rings. The number of likely N-dealkylation sites (tertiary alicyclic amines) is 1. The fourth-order valence-corrected chi connectivity index (χ4v) is 2.01. The molecular formula is C10H17NO3. The molecule has 1 N–H and O–H groups in total. The van der Waals surface area contributed by atoms with Gasteiger partial charge in [0.05, 0.1) is 5.41 Å². The minimum Gasteiger partial charge on any atom is -0.481 e. The Labute approximate surface area is 83.9 Å². The van der Waals surface area contributed by atoms with Gasteiger partial charge in [-0.1, -0.05) is 6.92 Å². The zero-order valence-corrected chi connectivity index (χ0v) is 8.75. The quantitative estimate of drug-likeness (QED) is 0.724. The normalized spacial score (nSPS) is 27.4. The molecule has 0 spiro atoms. The summed E-state index contributed by atoms with van der Waals surface area (Å²) in [6, 6.07) is 0. The SMILES string of the molecule is CCC1(C(=O)O)CCCN(C(C)=O)C1. The molecule has 1 unspecified atom stereocenters. The molecule has 1 amide bonds. The summed E-state index contributed by atoms with van der Waals surface area (Å²) >= 11 is 0. The molecule has 1 heterocycles. The molecule has 0 saturated carbocycles. The molecule has 14 heavy (non-hydrogen) atoms. The molecule has 0 aromatic heterocycles. The van der Waals surface area contributed by atoms with Gasteiger partial charge in [-0.25, -0.2) is 0 Å². The minimum absolute atomic E-state index is 0.0243. The van der Waals surface area contributed by atoms with Crippen LogP contribution < -0.4 is 0 Å². The highest BCUT2D eigenvalue weighted by molar-refractivity contribution is 5.78. The summed E-state index contributed by atoms with van der Waals surface area (Å²) in [5.41, 5.74) is -0.704. The Hall–Kier alpha value is -1.06. The van der Waals surface area contributed by atoms with Gasteiger partial charge in [0.2, 0.25) is 5.91 Å². The van der Waals surface area contributed by atoms with E-state index in [-0.39, 0.29) is 5.91 Å². The van der Waals surface area contributed by atoms with E-state index in [1.807, 2.05) is 6.92 Å². The van der Waals surface area contributed by atoms with E-state index in [1.165, 1.54) is 6.92 Å². The second-order valence-corrected chi connectivity index (χ2v) is 3.98. The predicted octanol–water partition coefficient (Wildman–Crippen LogP) is 1.11. The predicted molar refractivity (Wildman–Crippen MR) is 51.8 cm³/mol. The van der Waals surface area contributed by atoms with Crippen molar-refractivity contribution in [2.45, 2.75) is 33.1 Å². The van der Waals surface area contributed by atoms with Gasteiger partial charge in [0.15, 0.2) is 0 Å². The molecule has 0 aliphatic carbocycles. The third-order valence-corrected chi connectivity index (χ3v) is 3.15. The van der Waals surface area contributed by atoms with Crippen LogP contribution in [-0.2, 0) is 9.59 Å². The van der Waals surface area contributed by atoms with Crippen LogP contribution >= 0.6 is 0 Å². The number of nitrogens with zero attached hydrogens (tertiary/aromatic N) is 1. The van der Waals surface area contributed by atoms with Gasteiger partial charge in [0.1, 0.15) is 0 Å². The number of hydrogen-bond acceptors (Lipinski definition) is 2. The van der Waals surface area contributed by atoms with Gasteiger partial charge in [-0.2, -0.15) is 0 Å². The van der Waals surface area contributed by atoms with Crippen molar-refractivity contribution in [1.29, 1.82) is 0 Å². The number of amides is 1. The first-order valence-corrected chi connectivity index (χ1v) is 5.01. The lowest BCUT2D eigenvalue weighted by Gasteiger charge is -2.38. The molecular weight excluding hydrogens is 182 g/mol. The van der Waals surface area contributed by atoms with Crippen LogP contribution in [0.3, 0.4) is 0 Å². The van der Waals surface area contributed by atoms with Crippen molar-refractivity contribution in [2.24, 2.45) is 5.41 Å². The van der Waals surface area contributed by atoms with E-state index in [2.05, 4.69) is 0 Å². The Morgan fingerprint density at radius 3 is 2.57 bits per heavy atom. The van der Waals surface area contributed by atoms with Gasteiger partial charge in [-0.15, -0.1) is 0 Å². The van der Waals surface area contributed by atoms with E-state index in [0.717, 1.165) is 6.42 Å². The fraction of sp³-hybridized carbons (Fsp3) is 0.800. The number of carboxylic acids is 1. The van der Waals surface area contributed by atoms with E-state index in [1.54, 1.807) is 4.90 Å². The first kappa shape index (κ1) is 11.0. The van der Waals surface area contributed by atoms with Gasteiger partial charge >= 0.3 is 5.97 Å². The van der Waals surface area contributed by atoms with Gasteiger partial charge in [0.25, 0.3) is 0 Å². The average molecular weight is 199 g/mol. The zero-order valence-electron chi connectivity index (χ0n) is 8.75. The Bertz CT molecular complexity index is 252. The lowest BCUT2D eigenvalue weighted by molar-refractivity contribution is -0.154. The molecule has 1 atom stereocenters. The summed E-state index contributed by atoms with van der Waals surface area (Å²) in [5.74, 6) is -0.797. The lowest BCUT2D eigenvalue weighted by Crippen LogP contribution is -2.49. The highest BCUT2D eigenvalue weighted by atomic mass is 16.4. The van der Waals surface area contributed by atoms with Crippen molar-refractivity contribution >= 4 is 11.9 Å². The first-order chi connectivity index (χ1) is 6.52. The maximum atomic E-state index is 11.2. The highest BCUT2D eigenvalue weighted by Gasteiger charge is 2.41. The monoisotopic (exact) mass is 199 g/mol. The van der Waals surface area contributed by atoms with Crippen LogP contribution in [0.25, 0.3) is 0 Å². The standard InChI is InChI=1S/C10H17NO3/c1-3-10(9(13)14)5-4-6-11(7-10)8(2)12/h3-7H2,1-2H3,(H,13,14). The van der Waals surface area contributed by atoms with Crippen LogP contribution in [0.15, 0.2) is 0 Å². The molecule has 0 radical (unpaired) electrons. The number of rotatable bonds is 2. The van der Waals surface area contributed by atoms with Gasteiger partial charge in [-0.05, 0) is 19.3 Å². The van der Waals surface area contributed by atoms with Gasteiger partial charge in [-0.3, -0.25) is 9.59 Å². The van der Waals surface area contributed by atoms with E-state index in [9.17, 15) is 9.59 Å². The maximum absolute atomic E-state index is 11.2. The third-order valence-electron chi connectivity index (χ3n) is 3.15. The fourth-order valence-electron chi connectivity index (χ4n) is 2.01. The molecule has 0 aromatic carbocycles. The average Bonchev–Trinajstić information content (AvgIpc) is 2.17. The number of piperidine rings is 1. The molecule has 1 saturated heterocycles. The number of hydrogen-bond donors (Lipinski definition) is 1. The van der Waals surface area contributed by atoms with Crippen molar-refractivity contribution in [2.75, 3.05) is 13.1 Å². The van der Waals surface area contributed by atoms with Crippen LogP contribution in [-0.4, -0.2) is 35.0 Å². The lowest BCUT2D eigenvalue weighted by atomic mass is 9.77. The largest absolute Gasteiger partial charge is 0.481 e. The summed E-state index contributed by atoms with van der Waals surface area (Å²) in [6.07, 6.45) is 2.06. The zero-order chi connectivity index (χ0) is 10.8. The van der Waals surface area contributed by atoms with Crippen LogP contribution in [0, 0.1) is 5.41 Å².